The number of methoxy groups -OCH3 is 1. The van der Waals surface area contributed by atoms with E-state index in [-0.39, 0.29) is 12.1 Å². The molecular weight excluding hydrogens is 338 g/mol. The van der Waals surface area contributed by atoms with Crippen molar-refractivity contribution >= 4 is 27.6 Å². The van der Waals surface area contributed by atoms with Gasteiger partial charge in [0.1, 0.15) is 5.76 Å². The lowest BCUT2D eigenvalue weighted by atomic mass is 10.1. The van der Waals surface area contributed by atoms with Crippen LogP contribution in [0.2, 0.25) is 0 Å². The number of nitrogens with zero attached hydrogens (tertiary/aromatic N) is 1. The zero-order valence-electron chi connectivity index (χ0n) is 11.7. The first kappa shape index (κ1) is 14.4. The molecule has 1 atom stereocenters. The lowest BCUT2D eigenvalue weighted by Crippen LogP contribution is -2.39. The van der Waals surface area contributed by atoms with E-state index >= 15 is 0 Å². The van der Waals surface area contributed by atoms with Crippen LogP contribution in [0.5, 0.6) is 5.75 Å². The lowest BCUT2D eigenvalue weighted by Gasteiger charge is -2.35. The van der Waals surface area contributed by atoms with Crippen LogP contribution in [-0.2, 0) is 9.47 Å². The zero-order valence-corrected chi connectivity index (χ0v) is 13.3. The third-order valence-electron chi connectivity index (χ3n) is 3.56. The molecule has 0 radical (unpaired) electrons. The first-order chi connectivity index (χ1) is 10.2. The molecule has 1 aromatic carbocycles. The van der Waals surface area contributed by atoms with Crippen LogP contribution >= 0.6 is 15.9 Å². The number of hydrogen-bond acceptors (Lipinski definition) is 5. The monoisotopic (exact) mass is 353 g/mol. The molecular formula is C15H16BrNO4. The smallest absolute Gasteiger partial charge is 0.337 e. The quantitative estimate of drug-likeness (QED) is 0.615. The normalized spacial score (nSPS) is 20.0. The van der Waals surface area contributed by atoms with Gasteiger partial charge in [-0.3, -0.25) is 0 Å². The van der Waals surface area contributed by atoms with Crippen LogP contribution in [0.4, 0.5) is 5.69 Å². The van der Waals surface area contributed by atoms with E-state index in [9.17, 15) is 4.79 Å². The number of halogens is 1. The molecule has 6 heteroatoms. The topological polar surface area (TPSA) is 48.0 Å². The van der Waals surface area contributed by atoms with Gasteiger partial charge in [0.05, 0.1) is 29.8 Å². The van der Waals surface area contributed by atoms with Crippen LogP contribution < -0.4 is 9.64 Å². The molecule has 112 valence electrons. The van der Waals surface area contributed by atoms with Crippen molar-refractivity contribution in [1.29, 1.82) is 0 Å². The van der Waals surface area contributed by atoms with E-state index in [0.29, 0.717) is 10.9 Å². The number of alkyl halides is 1. The van der Waals surface area contributed by atoms with Crippen molar-refractivity contribution in [3.8, 4) is 5.75 Å². The van der Waals surface area contributed by atoms with Gasteiger partial charge in [-0.25, -0.2) is 4.79 Å². The van der Waals surface area contributed by atoms with Gasteiger partial charge in [-0.2, -0.15) is 0 Å². The molecule has 0 bridgehead atoms. The highest BCUT2D eigenvalue weighted by molar-refractivity contribution is 9.09. The molecule has 2 aliphatic heterocycles. The highest BCUT2D eigenvalue weighted by atomic mass is 79.9. The molecule has 0 spiro atoms. The van der Waals surface area contributed by atoms with Crippen LogP contribution in [-0.4, -0.2) is 37.7 Å². The molecule has 2 heterocycles. The number of ether oxygens (including phenoxy) is 3. The number of carbonyl (C=O) groups excluding carboxylic acids is 1. The second kappa shape index (κ2) is 6.07. The predicted molar refractivity (Wildman–Crippen MR) is 82.0 cm³/mol. The average molecular weight is 354 g/mol. The van der Waals surface area contributed by atoms with Crippen molar-refractivity contribution in [3.05, 3.63) is 35.7 Å². The third-order valence-corrected chi connectivity index (χ3v) is 4.11. The number of rotatable bonds is 4. The molecule has 21 heavy (non-hydrogen) atoms. The molecule has 0 saturated carbocycles. The van der Waals surface area contributed by atoms with Crippen molar-refractivity contribution in [3.63, 3.8) is 0 Å². The summed E-state index contributed by atoms with van der Waals surface area (Å²) in [6.07, 6.45) is 3.23. The van der Waals surface area contributed by atoms with Crippen molar-refractivity contribution in [2.75, 3.05) is 30.5 Å². The predicted octanol–water partition coefficient (Wildman–Crippen LogP) is 2.70. The Labute approximate surface area is 131 Å². The molecule has 1 aromatic rings. The Morgan fingerprint density at radius 3 is 2.95 bits per heavy atom. The van der Waals surface area contributed by atoms with Crippen LogP contribution in [0.1, 0.15) is 16.8 Å². The number of fused-ring (bicyclic) bond motifs is 1. The molecule has 0 unspecified atom stereocenters. The minimum atomic E-state index is -0.354. The van der Waals surface area contributed by atoms with Crippen molar-refractivity contribution < 1.29 is 19.0 Å². The van der Waals surface area contributed by atoms with Crippen molar-refractivity contribution in [2.45, 2.75) is 12.5 Å². The second-order valence-electron chi connectivity index (χ2n) is 4.94. The fourth-order valence-corrected chi connectivity index (χ4v) is 2.60. The standard InChI is InChI=1S/C15H16BrNO4/c1-19-15(18)10-2-3-14-13(6-10)17(8-11-4-5-20-11)9-12(7-16)21-14/h2-3,6,9,11H,4-5,7-8H2,1H3/t11-/m0/s1. The van der Waals surface area contributed by atoms with Gasteiger partial charge in [-0.15, -0.1) is 0 Å². The Balaban J connectivity index is 1.92. The summed E-state index contributed by atoms with van der Waals surface area (Å²) in [4.78, 5) is 13.8. The maximum absolute atomic E-state index is 11.7. The minimum Gasteiger partial charge on any atom is -0.465 e. The highest BCUT2D eigenvalue weighted by Crippen LogP contribution is 2.36. The average Bonchev–Trinajstić information content (AvgIpc) is 2.49. The fourth-order valence-electron chi connectivity index (χ4n) is 2.34. The number of anilines is 1. The molecule has 1 fully saturated rings. The Morgan fingerprint density at radius 1 is 1.52 bits per heavy atom. The van der Waals surface area contributed by atoms with E-state index in [0.717, 1.165) is 36.8 Å². The van der Waals surface area contributed by atoms with Gasteiger partial charge in [0.2, 0.25) is 0 Å². The maximum Gasteiger partial charge on any atom is 0.337 e. The Hall–Kier alpha value is -1.53. The molecule has 0 N–H and O–H groups in total. The minimum absolute atomic E-state index is 0.227. The van der Waals surface area contributed by atoms with Crippen molar-refractivity contribution in [2.24, 2.45) is 0 Å². The number of benzene rings is 1. The van der Waals surface area contributed by atoms with E-state index in [2.05, 4.69) is 20.8 Å². The number of esters is 1. The number of carbonyl (C=O) groups is 1. The van der Waals surface area contributed by atoms with Gasteiger partial charge in [-0.1, -0.05) is 15.9 Å². The Bertz CT molecular complexity index is 583. The molecule has 0 aromatic heterocycles. The molecule has 2 aliphatic rings. The summed E-state index contributed by atoms with van der Waals surface area (Å²) < 4.78 is 16.1. The summed E-state index contributed by atoms with van der Waals surface area (Å²) in [7, 11) is 1.38. The SMILES string of the molecule is COC(=O)c1ccc2c(c1)N(C[C@@H]1CCO1)C=C(CBr)O2. The third kappa shape index (κ3) is 2.91. The van der Waals surface area contributed by atoms with Crippen LogP contribution in [0.25, 0.3) is 0 Å². The Kier molecular flexibility index (Phi) is 4.17. The molecule has 0 aliphatic carbocycles. The van der Waals surface area contributed by atoms with E-state index in [1.165, 1.54) is 7.11 Å². The van der Waals surface area contributed by atoms with Crippen LogP contribution in [0.3, 0.4) is 0 Å². The van der Waals surface area contributed by atoms with E-state index in [1.54, 1.807) is 18.2 Å². The summed E-state index contributed by atoms with van der Waals surface area (Å²) in [6, 6.07) is 5.30. The molecule has 5 nitrogen and oxygen atoms in total. The fraction of sp³-hybridized carbons (Fsp3) is 0.400. The van der Waals surface area contributed by atoms with Gasteiger partial charge >= 0.3 is 5.97 Å². The van der Waals surface area contributed by atoms with E-state index < -0.39 is 0 Å². The van der Waals surface area contributed by atoms with Gasteiger partial charge in [0.25, 0.3) is 0 Å². The van der Waals surface area contributed by atoms with Crippen LogP contribution in [0.15, 0.2) is 30.2 Å². The molecule has 3 rings (SSSR count). The van der Waals surface area contributed by atoms with Crippen LogP contribution in [0, 0.1) is 0 Å². The van der Waals surface area contributed by atoms with Gasteiger partial charge in [-0.05, 0) is 24.6 Å². The summed E-state index contributed by atoms with van der Waals surface area (Å²) in [5.41, 5.74) is 1.37. The zero-order chi connectivity index (χ0) is 14.8. The summed E-state index contributed by atoms with van der Waals surface area (Å²) in [5.74, 6) is 1.21. The number of hydrogen-bond donors (Lipinski definition) is 0. The first-order valence-corrected chi connectivity index (χ1v) is 7.88. The lowest BCUT2D eigenvalue weighted by molar-refractivity contribution is -0.0437. The Morgan fingerprint density at radius 2 is 2.33 bits per heavy atom. The maximum atomic E-state index is 11.7. The molecule has 0 amide bonds. The highest BCUT2D eigenvalue weighted by Gasteiger charge is 2.26. The van der Waals surface area contributed by atoms with E-state index in [1.807, 2.05) is 6.20 Å². The van der Waals surface area contributed by atoms with Gasteiger partial charge < -0.3 is 19.1 Å². The summed E-state index contributed by atoms with van der Waals surface area (Å²) in [5, 5.41) is 0.632. The molecule has 1 saturated heterocycles. The summed E-state index contributed by atoms with van der Waals surface area (Å²) >= 11 is 3.41. The van der Waals surface area contributed by atoms with Gasteiger partial charge in [0.15, 0.2) is 5.75 Å². The van der Waals surface area contributed by atoms with E-state index in [4.69, 9.17) is 14.2 Å². The first-order valence-electron chi connectivity index (χ1n) is 6.76. The number of allylic oxidation sites excluding steroid dienone is 1. The van der Waals surface area contributed by atoms with Crippen molar-refractivity contribution in [1.82, 2.24) is 0 Å². The van der Waals surface area contributed by atoms with Gasteiger partial charge in [0, 0.05) is 19.4 Å². The summed E-state index contributed by atoms with van der Waals surface area (Å²) in [6.45, 7) is 1.57. The second-order valence-corrected chi connectivity index (χ2v) is 5.50. The largest absolute Gasteiger partial charge is 0.465 e.